The number of hydrogen-bond donors (Lipinski definition) is 0. The van der Waals surface area contributed by atoms with Crippen LogP contribution in [-0.4, -0.2) is 5.78 Å². The fourth-order valence-electron chi connectivity index (χ4n) is 2.05. The Kier molecular flexibility index (Phi) is 7.81. The highest BCUT2D eigenvalue weighted by Gasteiger charge is 2.09. The molecule has 1 heteroatoms. The average Bonchev–Trinajstić information content (AvgIpc) is 2.49. The molecule has 1 rings (SSSR count). The van der Waals surface area contributed by atoms with Crippen molar-refractivity contribution in [1.82, 2.24) is 0 Å². The average molecular weight is 280 g/mol. The van der Waals surface area contributed by atoms with E-state index in [0.29, 0.717) is 5.57 Å². The molecule has 0 atom stereocenters. The zero-order valence-corrected chi connectivity index (χ0v) is 12.8. The summed E-state index contributed by atoms with van der Waals surface area (Å²) in [5, 5.41) is 0. The Bertz CT molecular complexity index is 532. The molecule has 0 aromatic heterocycles. The predicted molar refractivity (Wildman–Crippen MR) is 92.0 cm³/mol. The summed E-state index contributed by atoms with van der Waals surface area (Å²) >= 11 is 0. The number of carbonyl (C=O) groups excluding carboxylic acids is 1. The first-order chi connectivity index (χ1) is 10.1. The van der Waals surface area contributed by atoms with Crippen LogP contribution in [0.4, 0.5) is 0 Å². The Morgan fingerprint density at radius 3 is 2.52 bits per heavy atom. The van der Waals surface area contributed by atoms with E-state index in [9.17, 15) is 4.79 Å². The lowest BCUT2D eigenvalue weighted by atomic mass is 9.97. The van der Waals surface area contributed by atoms with Crippen molar-refractivity contribution in [2.45, 2.75) is 32.6 Å². The molecule has 1 nitrogen and oxygen atoms in total. The molecule has 0 aliphatic carbocycles. The molecule has 0 amide bonds. The highest BCUT2D eigenvalue weighted by atomic mass is 16.1. The summed E-state index contributed by atoms with van der Waals surface area (Å²) in [5.41, 5.74) is 2.51. The van der Waals surface area contributed by atoms with Crippen LogP contribution in [0.15, 0.2) is 72.9 Å². The molecule has 0 heterocycles. The Balaban J connectivity index is 2.68. The molecule has 0 N–H and O–H groups in total. The number of rotatable bonds is 9. The van der Waals surface area contributed by atoms with Crippen LogP contribution in [0.2, 0.25) is 0 Å². The summed E-state index contributed by atoms with van der Waals surface area (Å²) in [5.74, 6) is 0.0699. The van der Waals surface area contributed by atoms with Crippen molar-refractivity contribution in [2.24, 2.45) is 0 Å². The molecule has 0 aliphatic heterocycles. The van der Waals surface area contributed by atoms with Gasteiger partial charge in [0.1, 0.15) is 0 Å². The second kappa shape index (κ2) is 9.71. The van der Waals surface area contributed by atoms with E-state index in [0.717, 1.165) is 36.8 Å². The largest absolute Gasteiger partial charge is 0.289 e. The van der Waals surface area contributed by atoms with E-state index in [-0.39, 0.29) is 5.78 Å². The van der Waals surface area contributed by atoms with Crippen LogP contribution < -0.4 is 0 Å². The fourth-order valence-corrected chi connectivity index (χ4v) is 2.05. The Labute approximate surface area is 128 Å². The lowest BCUT2D eigenvalue weighted by Gasteiger charge is -2.06. The van der Waals surface area contributed by atoms with Gasteiger partial charge in [-0.3, -0.25) is 4.79 Å². The molecule has 1 aromatic carbocycles. The first kappa shape index (κ1) is 16.9. The van der Waals surface area contributed by atoms with Crippen LogP contribution in [-0.2, 0) is 4.79 Å². The van der Waals surface area contributed by atoms with Gasteiger partial charge in [0.25, 0.3) is 0 Å². The van der Waals surface area contributed by atoms with Crippen molar-refractivity contribution in [3.63, 3.8) is 0 Å². The molecule has 21 heavy (non-hydrogen) atoms. The van der Waals surface area contributed by atoms with Crippen LogP contribution in [0.3, 0.4) is 0 Å². The molecule has 1 aromatic rings. The normalized spacial score (nSPS) is 11.6. The van der Waals surface area contributed by atoms with E-state index >= 15 is 0 Å². The van der Waals surface area contributed by atoms with Crippen LogP contribution in [0, 0.1) is 0 Å². The summed E-state index contributed by atoms with van der Waals surface area (Å²) in [7, 11) is 0. The molecule has 0 bridgehead atoms. The van der Waals surface area contributed by atoms with Gasteiger partial charge in [-0.2, -0.15) is 0 Å². The Morgan fingerprint density at radius 2 is 1.90 bits per heavy atom. The van der Waals surface area contributed by atoms with Gasteiger partial charge < -0.3 is 0 Å². The third-order valence-electron chi connectivity index (χ3n) is 3.16. The van der Waals surface area contributed by atoms with Gasteiger partial charge in [-0.15, -0.1) is 0 Å². The number of allylic oxidation sites excluding steroid dienone is 5. The fraction of sp³-hybridized carbons (Fsp3) is 0.250. The highest BCUT2D eigenvalue weighted by molar-refractivity contribution is 6.10. The first-order valence-electron chi connectivity index (χ1n) is 7.38. The predicted octanol–water partition coefficient (Wildman–Crippen LogP) is 5.52. The summed E-state index contributed by atoms with van der Waals surface area (Å²) in [6, 6.07) is 9.96. The molecule has 0 aliphatic rings. The maximum atomic E-state index is 12.2. The Morgan fingerprint density at radius 1 is 1.19 bits per heavy atom. The number of ketones is 1. The summed E-state index contributed by atoms with van der Waals surface area (Å²) in [6.07, 6.45) is 11.7. The van der Waals surface area contributed by atoms with Gasteiger partial charge in [0.15, 0.2) is 5.78 Å². The minimum Gasteiger partial charge on any atom is -0.289 e. The number of carbonyl (C=O) groups is 1. The standard InChI is InChI=1S/C20H24O/c1-4-5-6-7-8-12-15-19(20(21)17(2)3)16-18-13-10-9-11-14-18/h4-6,9-11,13-14,16H,1-2,7-8,12,15H2,3H3/b6-5+,19-16+. The van der Waals surface area contributed by atoms with Crippen molar-refractivity contribution in [2.75, 3.05) is 0 Å². The monoisotopic (exact) mass is 280 g/mol. The molecule has 0 saturated carbocycles. The summed E-state index contributed by atoms with van der Waals surface area (Å²) < 4.78 is 0. The second-order valence-electron chi connectivity index (χ2n) is 5.10. The third-order valence-corrected chi connectivity index (χ3v) is 3.16. The molecular weight excluding hydrogens is 256 g/mol. The van der Waals surface area contributed by atoms with Crippen molar-refractivity contribution in [3.8, 4) is 0 Å². The summed E-state index contributed by atoms with van der Waals surface area (Å²) in [6.45, 7) is 9.19. The van der Waals surface area contributed by atoms with Gasteiger partial charge in [0.2, 0.25) is 0 Å². The molecule has 0 radical (unpaired) electrons. The maximum absolute atomic E-state index is 12.2. The van der Waals surface area contributed by atoms with E-state index < -0.39 is 0 Å². The molecular formula is C20H24O. The van der Waals surface area contributed by atoms with Crippen molar-refractivity contribution >= 4 is 11.9 Å². The lowest BCUT2D eigenvalue weighted by Crippen LogP contribution is -2.03. The van der Waals surface area contributed by atoms with Gasteiger partial charge >= 0.3 is 0 Å². The van der Waals surface area contributed by atoms with Crippen molar-refractivity contribution < 1.29 is 4.79 Å². The van der Waals surface area contributed by atoms with Crippen molar-refractivity contribution in [3.05, 3.63) is 78.4 Å². The molecule has 0 saturated heterocycles. The van der Waals surface area contributed by atoms with Crippen LogP contribution in [0.5, 0.6) is 0 Å². The highest BCUT2D eigenvalue weighted by Crippen LogP contribution is 2.17. The van der Waals surface area contributed by atoms with Crippen molar-refractivity contribution in [1.29, 1.82) is 0 Å². The van der Waals surface area contributed by atoms with Crippen LogP contribution in [0.25, 0.3) is 6.08 Å². The molecule has 0 spiro atoms. The zero-order valence-electron chi connectivity index (χ0n) is 12.8. The topological polar surface area (TPSA) is 17.1 Å². The van der Waals surface area contributed by atoms with E-state index in [2.05, 4.69) is 19.2 Å². The second-order valence-corrected chi connectivity index (χ2v) is 5.10. The smallest absolute Gasteiger partial charge is 0.184 e. The number of hydrogen-bond acceptors (Lipinski definition) is 1. The lowest BCUT2D eigenvalue weighted by molar-refractivity contribution is -0.112. The number of Topliss-reactive ketones (excluding diaryl/α,β-unsaturated/α-hetero) is 1. The molecule has 110 valence electrons. The SMILES string of the molecule is C=C/C=C/CCCC/C(=C\c1ccccc1)C(=O)C(=C)C. The quantitative estimate of drug-likeness (QED) is 0.331. The minimum atomic E-state index is 0.0699. The Hall–Kier alpha value is -2.15. The van der Waals surface area contributed by atoms with Gasteiger partial charge in [-0.05, 0) is 49.8 Å². The maximum Gasteiger partial charge on any atom is 0.184 e. The van der Waals surface area contributed by atoms with E-state index in [4.69, 9.17) is 0 Å². The molecule has 0 fully saturated rings. The van der Waals surface area contributed by atoms with Gasteiger partial charge in [-0.1, -0.05) is 61.7 Å². The zero-order chi connectivity index (χ0) is 15.5. The van der Waals surface area contributed by atoms with E-state index in [1.807, 2.05) is 42.5 Å². The number of unbranched alkanes of at least 4 members (excludes halogenated alkanes) is 2. The minimum absolute atomic E-state index is 0.0699. The van der Waals surface area contributed by atoms with Gasteiger partial charge in [-0.25, -0.2) is 0 Å². The van der Waals surface area contributed by atoms with E-state index in [1.165, 1.54) is 0 Å². The number of benzene rings is 1. The van der Waals surface area contributed by atoms with Crippen LogP contribution >= 0.6 is 0 Å². The molecule has 0 unspecified atom stereocenters. The third kappa shape index (κ3) is 6.71. The van der Waals surface area contributed by atoms with Gasteiger partial charge in [0.05, 0.1) is 0 Å². The van der Waals surface area contributed by atoms with E-state index in [1.54, 1.807) is 13.0 Å². The van der Waals surface area contributed by atoms with Crippen LogP contribution in [0.1, 0.15) is 38.2 Å². The first-order valence-corrected chi connectivity index (χ1v) is 7.38. The van der Waals surface area contributed by atoms with Gasteiger partial charge in [0, 0.05) is 5.57 Å². The summed E-state index contributed by atoms with van der Waals surface area (Å²) in [4.78, 5) is 12.2.